The van der Waals surface area contributed by atoms with Crippen LogP contribution in [0.2, 0.25) is 0 Å². The zero-order valence-corrected chi connectivity index (χ0v) is 15.7. The molecule has 148 valence electrons. The van der Waals surface area contributed by atoms with Crippen molar-refractivity contribution in [1.82, 2.24) is 14.9 Å². The largest absolute Gasteiger partial charge is 0.508 e. The van der Waals surface area contributed by atoms with Crippen molar-refractivity contribution < 1.29 is 19.8 Å². The van der Waals surface area contributed by atoms with Crippen LogP contribution >= 0.6 is 0 Å². The highest BCUT2D eigenvalue weighted by molar-refractivity contribution is 6.09. The van der Waals surface area contributed by atoms with Crippen molar-refractivity contribution in [3.8, 4) is 5.75 Å². The SMILES string of the molecule is O=C(O)C1(C(=O)Cc2ccccc2)Cc2c(ncn2Cc2ccc(O)cc2)CN1. The van der Waals surface area contributed by atoms with Gasteiger partial charge in [-0.1, -0.05) is 42.5 Å². The van der Waals surface area contributed by atoms with E-state index in [1.54, 1.807) is 30.6 Å². The Balaban J connectivity index is 1.62. The lowest BCUT2D eigenvalue weighted by Gasteiger charge is -2.33. The van der Waals surface area contributed by atoms with Crippen LogP contribution in [-0.2, 0) is 35.5 Å². The van der Waals surface area contributed by atoms with E-state index >= 15 is 0 Å². The maximum absolute atomic E-state index is 13.1. The van der Waals surface area contributed by atoms with E-state index in [4.69, 9.17) is 0 Å². The third-order valence-corrected chi connectivity index (χ3v) is 5.36. The number of Topliss-reactive ketones (excluding diaryl/α,β-unsaturated/α-hetero) is 1. The Morgan fingerprint density at radius 2 is 1.79 bits per heavy atom. The second-order valence-corrected chi connectivity index (χ2v) is 7.26. The first-order valence-corrected chi connectivity index (χ1v) is 9.34. The molecule has 29 heavy (non-hydrogen) atoms. The number of carboxylic acid groups (broad SMARTS) is 1. The van der Waals surface area contributed by atoms with Crippen LogP contribution in [0.4, 0.5) is 0 Å². The summed E-state index contributed by atoms with van der Waals surface area (Å²) in [4.78, 5) is 29.7. The van der Waals surface area contributed by atoms with Gasteiger partial charge in [-0.05, 0) is 23.3 Å². The number of ketones is 1. The minimum absolute atomic E-state index is 0.0292. The maximum atomic E-state index is 13.1. The van der Waals surface area contributed by atoms with Gasteiger partial charge in [-0.25, -0.2) is 9.78 Å². The lowest BCUT2D eigenvalue weighted by atomic mass is 9.82. The number of aliphatic carboxylic acids is 1. The van der Waals surface area contributed by atoms with Gasteiger partial charge < -0.3 is 14.8 Å². The zero-order valence-electron chi connectivity index (χ0n) is 15.7. The summed E-state index contributed by atoms with van der Waals surface area (Å²) in [6.45, 7) is 0.690. The lowest BCUT2D eigenvalue weighted by Crippen LogP contribution is -2.62. The Hall–Kier alpha value is -3.45. The number of imidazole rings is 1. The number of hydrogen-bond donors (Lipinski definition) is 3. The highest BCUT2D eigenvalue weighted by atomic mass is 16.4. The van der Waals surface area contributed by atoms with E-state index in [9.17, 15) is 19.8 Å². The fourth-order valence-electron chi connectivity index (χ4n) is 3.68. The van der Waals surface area contributed by atoms with Crippen LogP contribution in [0, 0.1) is 0 Å². The molecular formula is C22H21N3O4. The van der Waals surface area contributed by atoms with Crippen molar-refractivity contribution >= 4 is 11.8 Å². The van der Waals surface area contributed by atoms with Crippen LogP contribution in [0.3, 0.4) is 0 Å². The number of carbonyl (C=O) groups is 2. The molecule has 3 N–H and O–H groups in total. The normalized spacial score (nSPS) is 18.2. The first-order chi connectivity index (χ1) is 14.0. The summed E-state index contributed by atoms with van der Waals surface area (Å²) in [6, 6.07) is 15.9. The predicted molar refractivity (Wildman–Crippen MR) is 105 cm³/mol. The first kappa shape index (κ1) is 18.9. The molecule has 7 nitrogen and oxygen atoms in total. The molecule has 0 aliphatic carbocycles. The van der Waals surface area contributed by atoms with Gasteiger partial charge in [-0.2, -0.15) is 0 Å². The molecule has 1 aliphatic heterocycles. The smallest absolute Gasteiger partial charge is 0.332 e. The van der Waals surface area contributed by atoms with E-state index in [0.29, 0.717) is 6.54 Å². The van der Waals surface area contributed by atoms with Gasteiger partial charge >= 0.3 is 5.97 Å². The van der Waals surface area contributed by atoms with Gasteiger partial charge in [0, 0.05) is 31.6 Å². The number of carbonyl (C=O) groups excluding carboxylic acids is 1. The molecule has 0 amide bonds. The fraction of sp³-hybridized carbons (Fsp3) is 0.227. The average molecular weight is 391 g/mol. The summed E-state index contributed by atoms with van der Waals surface area (Å²) >= 11 is 0. The molecular weight excluding hydrogens is 370 g/mol. The Bertz CT molecular complexity index is 1040. The zero-order chi connectivity index (χ0) is 20.4. The summed E-state index contributed by atoms with van der Waals surface area (Å²) in [5.41, 5.74) is 1.52. The second-order valence-electron chi connectivity index (χ2n) is 7.26. The van der Waals surface area contributed by atoms with E-state index in [1.165, 1.54) is 0 Å². The van der Waals surface area contributed by atoms with Crippen molar-refractivity contribution in [2.24, 2.45) is 0 Å². The molecule has 2 aromatic carbocycles. The molecule has 0 fully saturated rings. The van der Waals surface area contributed by atoms with Gasteiger partial charge in [0.1, 0.15) is 5.75 Å². The molecule has 4 rings (SSSR count). The van der Waals surface area contributed by atoms with Crippen LogP contribution in [0.25, 0.3) is 0 Å². The predicted octanol–water partition coefficient (Wildman–Crippen LogP) is 1.92. The van der Waals surface area contributed by atoms with Crippen molar-refractivity contribution in [1.29, 1.82) is 0 Å². The Kier molecular flexibility index (Phi) is 4.90. The van der Waals surface area contributed by atoms with E-state index in [1.807, 2.05) is 34.9 Å². The Morgan fingerprint density at radius 1 is 1.07 bits per heavy atom. The number of nitrogens with zero attached hydrogens (tertiary/aromatic N) is 2. The summed E-state index contributed by atoms with van der Waals surface area (Å²) in [5, 5.41) is 22.4. The van der Waals surface area contributed by atoms with Crippen molar-refractivity contribution in [2.45, 2.75) is 31.5 Å². The molecule has 2 heterocycles. The highest BCUT2D eigenvalue weighted by Crippen LogP contribution is 2.26. The summed E-state index contributed by atoms with van der Waals surface area (Å²) in [6.07, 6.45) is 1.74. The van der Waals surface area contributed by atoms with Crippen molar-refractivity contribution in [2.75, 3.05) is 0 Å². The molecule has 0 spiro atoms. The van der Waals surface area contributed by atoms with E-state index in [2.05, 4.69) is 10.3 Å². The van der Waals surface area contributed by atoms with Gasteiger partial charge in [-0.3, -0.25) is 10.1 Å². The topological polar surface area (TPSA) is 104 Å². The molecule has 0 saturated heterocycles. The van der Waals surface area contributed by atoms with E-state index in [-0.39, 0.29) is 30.9 Å². The monoisotopic (exact) mass is 391 g/mol. The van der Waals surface area contributed by atoms with Crippen molar-refractivity contribution in [3.05, 3.63) is 83.4 Å². The van der Waals surface area contributed by atoms with Crippen LogP contribution in [0.5, 0.6) is 5.75 Å². The third kappa shape index (κ3) is 3.64. The summed E-state index contributed by atoms with van der Waals surface area (Å²) in [7, 11) is 0. The van der Waals surface area contributed by atoms with Gasteiger partial charge in [0.25, 0.3) is 0 Å². The summed E-state index contributed by atoms with van der Waals surface area (Å²) < 4.78 is 1.87. The standard InChI is InChI=1S/C22H21N3O4/c26-17-8-6-16(7-9-17)13-25-14-23-18-12-24-22(21(28)29,11-19(18)25)20(27)10-15-4-2-1-3-5-15/h1-9,14,24,26H,10-13H2,(H,28,29). The molecule has 0 saturated carbocycles. The van der Waals surface area contributed by atoms with Gasteiger partial charge in [0.15, 0.2) is 11.3 Å². The molecule has 3 aromatic rings. The minimum atomic E-state index is -1.68. The molecule has 0 radical (unpaired) electrons. The number of carboxylic acids is 1. The number of hydrogen-bond acceptors (Lipinski definition) is 5. The van der Waals surface area contributed by atoms with Crippen LogP contribution < -0.4 is 5.32 Å². The van der Waals surface area contributed by atoms with Gasteiger partial charge in [0.2, 0.25) is 0 Å². The van der Waals surface area contributed by atoms with Crippen LogP contribution in [0.15, 0.2) is 60.9 Å². The van der Waals surface area contributed by atoms with Crippen LogP contribution in [0.1, 0.15) is 22.5 Å². The number of phenolic OH excluding ortho intramolecular Hbond substituents is 1. The summed E-state index contributed by atoms with van der Waals surface area (Å²) in [5.74, 6) is -1.37. The van der Waals surface area contributed by atoms with E-state index in [0.717, 1.165) is 22.5 Å². The first-order valence-electron chi connectivity index (χ1n) is 9.34. The highest BCUT2D eigenvalue weighted by Gasteiger charge is 2.48. The number of aromatic nitrogens is 2. The fourth-order valence-corrected chi connectivity index (χ4v) is 3.68. The molecule has 1 aromatic heterocycles. The number of rotatable bonds is 6. The van der Waals surface area contributed by atoms with E-state index < -0.39 is 11.5 Å². The second kappa shape index (κ2) is 7.52. The maximum Gasteiger partial charge on any atom is 0.332 e. The third-order valence-electron chi connectivity index (χ3n) is 5.36. The van der Waals surface area contributed by atoms with Gasteiger partial charge in [0.05, 0.1) is 12.0 Å². The average Bonchev–Trinajstić information content (AvgIpc) is 3.12. The number of fused-ring (bicyclic) bond motifs is 1. The number of phenols is 1. The Labute approximate surface area is 167 Å². The van der Waals surface area contributed by atoms with Gasteiger partial charge in [-0.15, -0.1) is 0 Å². The van der Waals surface area contributed by atoms with Crippen LogP contribution in [-0.4, -0.2) is 37.1 Å². The van der Waals surface area contributed by atoms with Crippen molar-refractivity contribution in [3.63, 3.8) is 0 Å². The molecule has 1 aliphatic rings. The number of nitrogens with one attached hydrogen (secondary N) is 1. The lowest BCUT2D eigenvalue weighted by molar-refractivity contribution is -0.150. The minimum Gasteiger partial charge on any atom is -0.508 e. The quantitative estimate of drug-likeness (QED) is 0.555. The molecule has 7 heteroatoms. The number of benzene rings is 2. The number of aromatic hydroxyl groups is 1. The molecule has 0 bridgehead atoms. The Morgan fingerprint density at radius 3 is 2.48 bits per heavy atom. The molecule has 1 atom stereocenters. The molecule has 1 unspecified atom stereocenters.